The molecule has 0 amide bonds. The predicted molar refractivity (Wildman–Crippen MR) is 69.9 cm³/mol. The van der Waals surface area contributed by atoms with Crippen LogP contribution in [0, 0.1) is 12.7 Å². The number of rotatable bonds is 1. The molecule has 2 nitrogen and oxygen atoms in total. The molecule has 0 unspecified atom stereocenters. The number of Topliss-reactive ketones (excluding diaryl/α,β-unsaturated/α-hetero) is 1. The highest BCUT2D eigenvalue weighted by molar-refractivity contribution is 5.99. The summed E-state index contributed by atoms with van der Waals surface area (Å²) in [6, 6.07) is 11.9. The van der Waals surface area contributed by atoms with Crippen molar-refractivity contribution in [2.24, 2.45) is 0 Å². The van der Waals surface area contributed by atoms with Gasteiger partial charge in [-0.2, -0.15) is 0 Å². The van der Waals surface area contributed by atoms with Gasteiger partial charge < -0.3 is 4.74 Å². The first-order valence-corrected chi connectivity index (χ1v) is 6.19. The highest BCUT2D eigenvalue weighted by atomic mass is 19.1. The molecule has 0 aliphatic carbocycles. The van der Waals surface area contributed by atoms with Gasteiger partial charge in [0.2, 0.25) is 0 Å². The molecular formula is C16H13FO2. The van der Waals surface area contributed by atoms with E-state index in [9.17, 15) is 9.18 Å². The van der Waals surface area contributed by atoms with Gasteiger partial charge in [-0.25, -0.2) is 4.39 Å². The molecular weight excluding hydrogens is 243 g/mol. The summed E-state index contributed by atoms with van der Waals surface area (Å²) in [4.78, 5) is 12.0. The third-order valence-electron chi connectivity index (χ3n) is 3.33. The summed E-state index contributed by atoms with van der Waals surface area (Å²) in [6.45, 7) is 2.00. The number of aryl methyl sites for hydroxylation is 1. The van der Waals surface area contributed by atoms with Crippen molar-refractivity contribution in [3.8, 4) is 5.75 Å². The standard InChI is InChI=1S/C16H13FO2/c1-10-2-4-11(5-3-10)15-9-14(18)13-7-6-12(17)8-16(13)19-15/h2-8,15H,9H2,1H3/t15-/m1/s1. The normalized spacial score (nSPS) is 17.8. The quantitative estimate of drug-likeness (QED) is 0.774. The zero-order valence-corrected chi connectivity index (χ0v) is 10.5. The van der Waals surface area contributed by atoms with E-state index in [0.29, 0.717) is 17.7 Å². The number of benzene rings is 2. The Hall–Kier alpha value is -2.16. The van der Waals surface area contributed by atoms with E-state index < -0.39 is 5.82 Å². The average molecular weight is 256 g/mol. The molecule has 2 aromatic rings. The second kappa shape index (κ2) is 4.50. The minimum Gasteiger partial charge on any atom is -0.484 e. The van der Waals surface area contributed by atoms with Gasteiger partial charge in [0.1, 0.15) is 17.7 Å². The van der Waals surface area contributed by atoms with Crippen molar-refractivity contribution in [2.75, 3.05) is 0 Å². The number of carbonyl (C=O) groups is 1. The molecule has 0 spiro atoms. The molecule has 96 valence electrons. The van der Waals surface area contributed by atoms with Crippen LogP contribution >= 0.6 is 0 Å². The fourth-order valence-electron chi connectivity index (χ4n) is 2.26. The highest BCUT2D eigenvalue weighted by Gasteiger charge is 2.27. The van der Waals surface area contributed by atoms with Crippen LogP contribution in [-0.2, 0) is 0 Å². The summed E-state index contributed by atoms with van der Waals surface area (Å²) in [7, 11) is 0. The molecule has 1 aliphatic heterocycles. The Morgan fingerprint density at radius 2 is 1.89 bits per heavy atom. The summed E-state index contributed by atoms with van der Waals surface area (Å²) in [5.41, 5.74) is 2.55. The first-order chi connectivity index (χ1) is 9.13. The predicted octanol–water partition coefficient (Wildman–Crippen LogP) is 3.84. The molecule has 0 saturated heterocycles. The topological polar surface area (TPSA) is 26.3 Å². The maximum absolute atomic E-state index is 13.2. The molecule has 1 aliphatic rings. The minimum atomic E-state index is -0.392. The number of hydrogen-bond acceptors (Lipinski definition) is 2. The Labute approximate surface area is 110 Å². The first-order valence-electron chi connectivity index (χ1n) is 6.19. The molecule has 3 rings (SSSR count). The van der Waals surface area contributed by atoms with Crippen LogP contribution in [0.4, 0.5) is 4.39 Å². The Kier molecular flexibility index (Phi) is 2.82. The summed E-state index contributed by atoms with van der Waals surface area (Å²) in [5, 5.41) is 0. The number of carbonyl (C=O) groups excluding carboxylic acids is 1. The minimum absolute atomic E-state index is 0.00757. The molecule has 19 heavy (non-hydrogen) atoms. The van der Waals surface area contributed by atoms with Gasteiger partial charge in [-0.05, 0) is 24.6 Å². The van der Waals surface area contributed by atoms with Gasteiger partial charge >= 0.3 is 0 Å². The maximum atomic E-state index is 13.2. The molecule has 3 heteroatoms. The van der Waals surface area contributed by atoms with Crippen LogP contribution in [0.2, 0.25) is 0 Å². The second-order valence-electron chi connectivity index (χ2n) is 4.78. The van der Waals surface area contributed by atoms with Crippen LogP contribution in [0.25, 0.3) is 0 Å². The lowest BCUT2D eigenvalue weighted by atomic mass is 9.96. The summed E-state index contributed by atoms with van der Waals surface area (Å²) in [6.07, 6.45) is -0.0378. The number of halogens is 1. The van der Waals surface area contributed by atoms with E-state index in [1.54, 1.807) is 0 Å². The second-order valence-corrected chi connectivity index (χ2v) is 4.78. The lowest BCUT2D eigenvalue weighted by Crippen LogP contribution is -2.20. The van der Waals surface area contributed by atoms with E-state index in [4.69, 9.17) is 4.74 Å². The van der Waals surface area contributed by atoms with Crippen molar-refractivity contribution < 1.29 is 13.9 Å². The molecule has 2 aromatic carbocycles. The van der Waals surface area contributed by atoms with Gasteiger partial charge in [0.25, 0.3) is 0 Å². The maximum Gasteiger partial charge on any atom is 0.170 e. The summed E-state index contributed by atoms with van der Waals surface area (Å²) in [5.74, 6) is -0.0650. The highest BCUT2D eigenvalue weighted by Crippen LogP contribution is 2.35. The third-order valence-corrected chi connectivity index (χ3v) is 3.33. The average Bonchev–Trinajstić information content (AvgIpc) is 2.38. The molecule has 1 atom stereocenters. The van der Waals surface area contributed by atoms with Crippen LogP contribution < -0.4 is 4.74 Å². The van der Waals surface area contributed by atoms with Crippen molar-refractivity contribution in [3.63, 3.8) is 0 Å². The van der Waals surface area contributed by atoms with Crippen molar-refractivity contribution in [1.29, 1.82) is 0 Å². The summed E-state index contributed by atoms with van der Waals surface area (Å²) < 4.78 is 19.0. The lowest BCUT2D eigenvalue weighted by Gasteiger charge is -2.25. The smallest absolute Gasteiger partial charge is 0.170 e. The molecule has 0 aromatic heterocycles. The number of fused-ring (bicyclic) bond motifs is 1. The van der Waals surface area contributed by atoms with E-state index >= 15 is 0 Å². The zero-order chi connectivity index (χ0) is 13.4. The Balaban J connectivity index is 1.96. The van der Waals surface area contributed by atoms with Gasteiger partial charge in [-0.15, -0.1) is 0 Å². The molecule has 0 saturated carbocycles. The summed E-state index contributed by atoms with van der Waals surface area (Å²) >= 11 is 0. The first kappa shape index (κ1) is 11.9. The van der Waals surface area contributed by atoms with Crippen molar-refractivity contribution in [1.82, 2.24) is 0 Å². The molecule has 0 bridgehead atoms. The Morgan fingerprint density at radius 1 is 1.16 bits per heavy atom. The van der Waals surface area contributed by atoms with Crippen molar-refractivity contribution in [3.05, 3.63) is 65.0 Å². The molecule has 0 fully saturated rings. The molecule has 0 N–H and O–H groups in total. The van der Waals surface area contributed by atoms with Crippen molar-refractivity contribution >= 4 is 5.78 Å². The third kappa shape index (κ3) is 2.24. The molecule has 1 heterocycles. The number of hydrogen-bond donors (Lipinski definition) is 0. The van der Waals surface area contributed by atoms with Crippen LogP contribution in [0.3, 0.4) is 0 Å². The van der Waals surface area contributed by atoms with Crippen molar-refractivity contribution in [2.45, 2.75) is 19.4 Å². The van der Waals surface area contributed by atoms with E-state index in [2.05, 4.69) is 0 Å². The monoisotopic (exact) mass is 256 g/mol. The Morgan fingerprint density at radius 3 is 2.63 bits per heavy atom. The van der Waals surface area contributed by atoms with Crippen LogP contribution in [-0.4, -0.2) is 5.78 Å². The fourth-order valence-corrected chi connectivity index (χ4v) is 2.26. The van der Waals surface area contributed by atoms with Gasteiger partial charge in [0.05, 0.1) is 12.0 Å². The van der Waals surface area contributed by atoms with Gasteiger partial charge in [0, 0.05) is 6.07 Å². The fraction of sp³-hybridized carbons (Fsp3) is 0.188. The van der Waals surface area contributed by atoms with Crippen LogP contribution in [0.5, 0.6) is 5.75 Å². The van der Waals surface area contributed by atoms with E-state index in [-0.39, 0.29) is 11.9 Å². The van der Waals surface area contributed by atoms with Crippen LogP contribution in [0.1, 0.15) is 34.0 Å². The van der Waals surface area contributed by atoms with Gasteiger partial charge in [-0.1, -0.05) is 29.8 Å². The van der Waals surface area contributed by atoms with E-state index in [1.165, 1.54) is 18.2 Å². The van der Waals surface area contributed by atoms with Gasteiger partial charge in [0.15, 0.2) is 5.78 Å². The number of ether oxygens (including phenoxy) is 1. The van der Waals surface area contributed by atoms with E-state index in [0.717, 1.165) is 11.1 Å². The SMILES string of the molecule is Cc1ccc([C@H]2CC(=O)c3ccc(F)cc3O2)cc1. The largest absolute Gasteiger partial charge is 0.484 e. The molecule has 0 radical (unpaired) electrons. The Bertz CT molecular complexity index is 632. The number of ketones is 1. The van der Waals surface area contributed by atoms with Crippen LogP contribution in [0.15, 0.2) is 42.5 Å². The zero-order valence-electron chi connectivity index (χ0n) is 10.5. The lowest BCUT2D eigenvalue weighted by molar-refractivity contribution is 0.0849. The van der Waals surface area contributed by atoms with E-state index in [1.807, 2.05) is 31.2 Å². The van der Waals surface area contributed by atoms with Gasteiger partial charge in [-0.3, -0.25) is 4.79 Å².